The highest BCUT2D eigenvalue weighted by Crippen LogP contribution is 2.32. The zero-order valence-electron chi connectivity index (χ0n) is 19.6. The smallest absolute Gasteiger partial charge is 0.260 e. The highest BCUT2D eigenvalue weighted by Gasteiger charge is 2.22. The van der Waals surface area contributed by atoms with Crippen molar-refractivity contribution in [2.24, 2.45) is 0 Å². The fourth-order valence-corrected chi connectivity index (χ4v) is 4.99. The van der Waals surface area contributed by atoms with Gasteiger partial charge in [0.05, 0.1) is 16.8 Å². The summed E-state index contributed by atoms with van der Waals surface area (Å²) in [5, 5.41) is 0.656. The molecule has 5 rings (SSSR count). The number of carbonyl (C=O) groups is 2. The molecule has 0 unspecified atom stereocenters. The molecule has 0 fully saturated rings. The molecule has 0 bridgehead atoms. The molecule has 1 heterocycles. The Hall–Kier alpha value is -4.09. The molecule has 0 saturated heterocycles. The second-order valence-electron chi connectivity index (χ2n) is 8.55. The summed E-state index contributed by atoms with van der Waals surface area (Å²) < 4.78 is 1.05. The number of nitrogens with zero attached hydrogens (tertiary/aromatic N) is 2. The second-order valence-corrected chi connectivity index (χ2v) is 9.56. The zero-order valence-corrected chi connectivity index (χ0v) is 20.4. The molecular weight excluding hydrogens is 452 g/mol. The molecule has 1 aromatic heterocycles. The fraction of sp³-hybridized carbons (Fsp3) is 0.100. The molecule has 5 heteroatoms. The van der Waals surface area contributed by atoms with Gasteiger partial charge in [-0.3, -0.25) is 14.5 Å². The molecule has 0 aliphatic rings. The summed E-state index contributed by atoms with van der Waals surface area (Å²) >= 11 is 1.52. The molecule has 0 spiro atoms. The van der Waals surface area contributed by atoms with Crippen molar-refractivity contribution in [3.05, 3.63) is 130 Å². The number of amides is 1. The number of thiazole rings is 1. The van der Waals surface area contributed by atoms with Crippen molar-refractivity contribution >= 4 is 38.4 Å². The monoisotopic (exact) mass is 476 g/mol. The van der Waals surface area contributed by atoms with Gasteiger partial charge >= 0.3 is 0 Å². The Labute approximate surface area is 208 Å². The van der Waals surface area contributed by atoms with E-state index in [0.29, 0.717) is 28.4 Å². The van der Waals surface area contributed by atoms with E-state index in [2.05, 4.69) is 26.0 Å². The van der Waals surface area contributed by atoms with Gasteiger partial charge in [-0.05, 0) is 54.8 Å². The molecule has 0 N–H and O–H groups in total. The maximum atomic E-state index is 13.7. The lowest BCUT2D eigenvalue weighted by Gasteiger charge is -2.20. The van der Waals surface area contributed by atoms with Crippen LogP contribution in [-0.2, 0) is 6.54 Å². The third-order valence-electron chi connectivity index (χ3n) is 6.08. The van der Waals surface area contributed by atoms with Gasteiger partial charge in [0.15, 0.2) is 10.9 Å². The lowest BCUT2D eigenvalue weighted by Crippen LogP contribution is -2.30. The predicted octanol–water partition coefficient (Wildman–Crippen LogP) is 6.99. The Kier molecular flexibility index (Phi) is 6.25. The Balaban J connectivity index is 1.49. The normalized spacial score (nSPS) is 10.9. The van der Waals surface area contributed by atoms with Crippen LogP contribution in [0.2, 0.25) is 0 Å². The third kappa shape index (κ3) is 4.77. The zero-order chi connectivity index (χ0) is 24.4. The molecule has 172 valence electrons. The molecule has 0 aliphatic heterocycles. The lowest BCUT2D eigenvalue weighted by molar-refractivity contribution is 0.0982. The average molecular weight is 477 g/mol. The number of ketones is 1. The summed E-state index contributed by atoms with van der Waals surface area (Å²) in [6.07, 6.45) is 0. The Morgan fingerprint density at radius 2 is 1.31 bits per heavy atom. The largest absolute Gasteiger partial charge is 0.289 e. The Morgan fingerprint density at radius 3 is 2.00 bits per heavy atom. The molecule has 4 nitrogen and oxygen atoms in total. The summed E-state index contributed by atoms with van der Waals surface area (Å²) in [4.78, 5) is 33.0. The third-order valence-corrected chi connectivity index (χ3v) is 7.12. The van der Waals surface area contributed by atoms with Gasteiger partial charge in [0.25, 0.3) is 5.91 Å². The Morgan fingerprint density at radius 1 is 0.743 bits per heavy atom. The first-order valence-electron chi connectivity index (χ1n) is 11.4. The van der Waals surface area contributed by atoms with Gasteiger partial charge in [-0.1, -0.05) is 84.1 Å². The quantitative estimate of drug-likeness (QED) is 0.248. The molecule has 1 amide bonds. The van der Waals surface area contributed by atoms with Crippen LogP contribution in [0, 0.1) is 13.8 Å². The Bertz CT molecular complexity index is 1470. The van der Waals surface area contributed by atoms with Gasteiger partial charge in [0.2, 0.25) is 0 Å². The minimum atomic E-state index is -0.153. The van der Waals surface area contributed by atoms with Crippen LogP contribution in [0.5, 0.6) is 0 Å². The van der Waals surface area contributed by atoms with Gasteiger partial charge in [-0.15, -0.1) is 0 Å². The average Bonchev–Trinajstić information content (AvgIpc) is 3.30. The van der Waals surface area contributed by atoms with Crippen LogP contribution in [0.15, 0.2) is 97.1 Å². The van der Waals surface area contributed by atoms with Gasteiger partial charge in [-0.25, -0.2) is 4.98 Å². The number of hydrogen-bond donors (Lipinski definition) is 0. The number of aryl methyl sites for hydroxylation is 2. The van der Waals surface area contributed by atoms with Crippen LogP contribution >= 0.6 is 11.3 Å². The summed E-state index contributed by atoms with van der Waals surface area (Å²) in [7, 11) is 0. The number of rotatable bonds is 6. The second kappa shape index (κ2) is 9.65. The van der Waals surface area contributed by atoms with E-state index >= 15 is 0 Å². The van der Waals surface area contributed by atoms with E-state index in [-0.39, 0.29) is 11.7 Å². The molecule has 4 aromatic carbocycles. The van der Waals surface area contributed by atoms with Crippen molar-refractivity contribution in [1.29, 1.82) is 0 Å². The van der Waals surface area contributed by atoms with Crippen molar-refractivity contribution < 1.29 is 9.59 Å². The first-order valence-corrected chi connectivity index (χ1v) is 12.2. The number of benzene rings is 4. The van der Waals surface area contributed by atoms with Crippen LogP contribution in [0.1, 0.15) is 43.0 Å². The van der Waals surface area contributed by atoms with Crippen LogP contribution in [-0.4, -0.2) is 16.7 Å². The number of fused-ring (bicyclic) bond motifs is 1. The van der Waals surface area contributed by atoms with E-state index in [1.165, 1.54) is 22.5 Å². The highest BCUT2D eigenvalue weighted by molar-refractivity contribution is 7.22. The van der Waals surface area contributed by atoms with E-state index in [1.54, 1.807) is 41.3 Å². The van der Waals surface area contributed by atoms with Crippen molar-refractivity contribution in [2.45, 2.75) is 20.4 Å². The molecule has 0 atom stereocenters. The number of carbonyl (C=O) groups excluding carboxylic acids is 2. The first-order chi connectivity index (χ1) is 17.0. The van der Waals surface area contributed by atoms with Crippen LogP contribution < -0.4 is 4.90 Å². The molecule has 0 saturated carbocycles. The standard InChI is InChI=1S/C30H24N2O2S/c1-20-17-26-27(18-21(20)2)35-30(31-26)32(19-22-9-5-3-6-10-22)29(34)25-15-13-24(14-16-25)28(33)23-11-7-4-8-12-23/h3-18H,19H2,1-2H3. The van der Waals surface area contributed by atoms with Gasteiger partial charge in [0.1, 0.15) is 0 Å². The number of hydrogen-bond acceptors (Lipinski definition) is 4. The van der Waals surface area contributed by atoms with Gasteiger partial charge in [-0.2, -0.15) is 0 Å². The summed E-state index contributed by atoms with van der Waals surface area (Å²) in [6.45, 7) is 4.56. The molecule has 5 aromatic rings. The van der Waals surface area contributed by atoms with Crippen molar-refractivity contribution in [2.75, 3.05) is 4.90 Å². The van der Waals surface area contributed by atoms with E-state index in [9.17, 15) is 9.59 Å². The highest BCUT2D eigenvalue weighted by atomic mass is 32.1. The summed E-state index contributed by atoms with van der Waals surface area (Å²) in [5.41, 5.74) is 5.97. The van der Waals surface area contributed by atoms with E-state index < -0.39 is 0 Å². The van der Waals surface area contributed by atoms with E-state index in [4.69, 9.17) is 4.98 Å². The van der Waals surface area contributed by atoms with Crippen LogP contribution in [0.3, 0.4) is 0 Å². The molecule has 0 radical (unpaired) electrons. The van der Waals surface area contributed by atoms with Crippen molar-refractivity contribution in [3.8, 4) is 0 Å². The summed E-state index contributed by atoms with van der Waals surface area (Å²) in [6, 6.07) is 30.1. The molecular formula is C30H24N2O2S. The van der Waals surface area contributed by atoms with Crippen molar-refractivity contribution in [3.63, 3.8) is 0 Å². The minimum absolute atomic E-state index is 0.0670. The first kappa shape index (κ1) is 22.7. The number of aromatic nitrogens is 1. The van der Waals surface area contributed by atoms with E-state index in [1.807, 2.05) is 48.5 Å². The van der Waals surface area contributed by atoms with Gasteiger partial charge in [0, 0.05) is 16.7 Å². The lowest BCUT2D eigenvalue weighted by atomic mass is 10.0. The maximum absolute atomic E-state index is 13.7. The van der Waals surface area contributed by atoms with Crippen molar-refractivity contribution in [1.82, 2.24) is 4.98 Å². The molecule has 35 heavy (non-hydrogen) atoms. The number of anilines is 1. The van der Waals surface area contributed by atoms with Gasteiger partial charge < -0.3 is 0 Å². The van der Waals surface area contributed by atoms with Crippen LogP contribution in [0.4, 0.5) is 5.13 Å². The maximum Gasteiger partial charge on any atom is 0.260 e. The predicted molar refractivity (Wildman–Crippen MR) is 142 cm³/mol. The SMILES string of the molecule is Cc1cc2nc(N(Cc3ccccc3)C(=O)c3ccc(C(=O)c4ccccc4)cc3)sc2cc1C. The van der Waals surface area contributed by atoms with Crippen LogP contribution in [0.25, 0.3) is 10.2 Å². The topological polar surface area (TPSA) is 50.3 Å². The molecule has 0 aliphatic carbocycles. The summed E-state index contributed by atoms with van der Waals surface area (Å²) in [5.74, 6) is -0.220. The minimum Gasteiger partial charge on any atom is -0.289 e. The van der Waals surface area contributed by atoms with E-state index in [0.717, 1.165) is 15.8 Å². The fourth-order valence-electron chi connectivity index (χ4n) is 3.95.